The van der Waals surface area contributed by atoms with Crippen LogP contribution < -0.4 is 0 Å². The summed E-state index contributed by atoms with van der Waals surface area (Å²) in [6, 6.07) is 0. The van der Waals surface area contributed by atoms with Crippen LogP contribution in [0.15, 0.2) is 0 Å². The standard InChI is InChI=1S/C14H25ClO/c1-13(2,3)10-9-14(4,5)8-6-7-11(16)12(10)15/h10,12H,6-9H2,1-5H3. The molecule has 0 amide bonds. The number of alkyl halides is 1. The van der Waals surface area contributed by atoms with Crippen molar-refractivity contribution in [2.75, 3.05) is 0 Å². The minimum Gasteiger partial charge on any atom is -0.298 e. The van der Waals surface area contributed by atoms with Gasteiger partial charge in [-0.1, -0.05) is 34.6 Å². The van der Waals surface area contributed by atoms with Crippen molar-refractivity contribution in [2.45, 2.75) is 65.7 Å². The summed E-state index contributed by atoms with van der Waals surface area (Å²) < 4.78 is 0. The van der Waals surface area contributed by atoms with Crippen LogP contribution in [0, 0.1) is 16.7 Å². The molecule has 2 atom stereocenters. The number of hydrogen-bond donors (Lipinski definition) is 0. The average molecular weight is 245 g/mol. The third-order valence-corrected chi connectivity index (χ3v) is 4.37. The van der Waals surface area contributed by atoms with Crippen molar-refractivity contribution in [1.29, 1.82) is 0 Å². The molecule has 2 unspecified atom stereocenters. The van der Waals surface area contributed by atoms with Gasteiger partial charge in [0.25, 0.3) is 0 Å². The summed E-state index contributed by atoms with van der Waals surface area (Å²) in [7, 11) is 0. The molecule has 0 spiro atoms. The van der Waals surface area contributed by atoms with Crippen LogP contribution >= 0.6 is 11.6 Å². The lowest BCUT2D eigenvalue weighted by Crippen LogP contribution is -2.39. The van der Waals surface area contributed by atoms with Crippen molar-refractivity contribution >= 4 is 17.4 Å². The topological polar surface area (TPSA) is 17.1 Å². The first kappa shape index (κ1) is 14.0. The molecular weight excluding hydrogens is 220 g/mol. The summed E-state index contributed by atoms with van der Waals surface area (Å²) in [5.41, 5.74) is 0.419. The highest BCUT2D eigenvalue weighted by atomic mass is 35.5. The van der Waals surface area contributed by atoms with Gasteiger partial charge in [-0.3, -0.25) is 4.79 Å². The quantitative estimate of drug-likeness (QED) is 0.577. The summed E-state index contributed by atoms with van der Waals surface area (Å²) >= 11 is 6.37. The molecule has 0 aromatic rings. The maximum atomic E-state index is 11.9. The summed E-state index contributed by atoms with van der Waals surface area (Å²) in [6.45, 7) is 11.2. The number of halogens is 1. The van der Waals surface area contributed by atoms with Crippen molar-refractivity contribution in [3.63, 3.8) is 0 Å². The molecule has 2 heteroatoms. The molecule has 0 saturated heterocycles. The molecule has 16 heavy (non-hydrogen) atoms. The number of carbonyl (C=O) groups is 1. The van der Waals surface area contributed by atoms with Gasteiger partial charge in [-0.25, -0.2) is 0 Å². The zero-order chi connectivity index (χ0) is 12.6. The van der Waals surface area contributed by atoms with Crippen LogP contribution in [0.4, 0.5) is 0 Å². The van der Waals surface area contributed by atoms with E-state index in [9.17, 15) is 4.79 Å². The van der Waals surface area contributed by atoms with Crippen LogP contribution in [0.2, 0.25) is 0 Å². The van der Waals surface area contributed by atoms with Crippen molar-refractivity contribution < 1.29 is 4.79 Å². The number of carbonyl (C=O) groups excluding carboxylic acids is 1. The van der Waals surface area contributed by atoms with Gasteiger partial charge in [0.2, 0.25) is 0 Å². The van der Waals surface area contributed by atoms with E-state index in [-0.39, 0.29) is 22.5 Å². The fourth-order valence-electron chi connectivity index (χ4n) is 2.65. The van der Waals surface area contributed by atoms with E-state index in [0.29, 0.717) is 11.8 Å². The Balaban J connectivity index is 2.93. The molecule has 0 aromatic heterocycles. The minimum absolute atomic E-state index is 0.108. The summed E-state index contributed by atoms with van der Waals surface area (Å²) in [6.07, 6.45) is 3.83. The molecule has 1 rings (SSSR count). The summed E-state index contributed by atoms with van der Waals surface area (Å²) in [5, 5.41) is -0.292. The SMILES string of the molecule is CC1(C)CCCC(=O)C(Cl)C(C(C)(C)C)C1. The predicted molar refractivity (Wildman–Crippen MR) is 69.8 cm³/mol. The van der Waals surface area contributed by atoms with Crippen LogP contribution in [0.3, 0.4) is 0 Å². The molecule has 94 valence electrons. The van der Waals surface area contributed by atoms with Crippen molar-refractivity contribution in [1.82, 2.24) is 0 Å². The van der Waals surface area contributed by atoms with E-state index in [2.05, 4.69) is 34.6 Å². The molecule has 0 aliphatic heterocycles. The molecule has 0 N–H and O–H groups in total. The number of ketones is 1. The van der Waals surface area contributed by atoms with Gasteiger partial charge in [-0.2, -0.15) is 0 Å². The zero-order valence-electron chi connectivity index (χ0n) is 11.3. The van der Waals surface area contributed by atoms with Crippen LogP contribution in [-0.2, 0) is 4.79 Å². The molecule has 1 nitrogen and oxygen atoms in total. The van der Waals surface area contributed by atoms with E-state index in [1.54, 1.807) is 0 Å². The summed E-state index contributed by atoms with van der Waals surface area (Å²) in [5.74, 6) is 0.536. The van der Waals surface area contributed by atoms with Gasteiger partial charge in [0.1, 0.15) is 0 Å². The lowest BCUT2D eigenvalue weighted by Gasteiger charge is -2.41. The Hall–Kier alpha value is -0.0400. The maximum Gasteiger partial charge on any atom is 0.150 e. The second-order valence-electron chi connectivity index (χ2n) is 7.06. The Morgan fingerprint density at radius 1 is 1.31 bits per heavy atom. The van der Waals surface area contributed by atoms with Gasteiger partial charge >= 0.3 is 0 Å². The van der Waals surface area contributed by atoms with Gasteiger partial charge in [-0.05, 0) is 36.0 Å². The fourth-order valence-corrected chi connectivity index (χ4v) is 3.23. The Morgan fingerprint density at radius 2 is 1.88 bits per heavy atom. The molecule has 0 aromatic carbocycles. The van der Waals surface area contributed by atoms with Gasteiger partial charge in [0.15, 0.2) is 5.78 Å². The summed E-state index contributed by atoms with van der Waals surface area (Å²) in [4.78, 5) is 11.9. The Kier molecular flexibility index (Phi) is 4.10. The van der Waals surface area contributed by atoms with Crippen LogP contribution in [0.1, 0.15) is 60.3 Å². The second-order valence-corrected chi connectivity index (χ2v) is 7.53. The highest BCUT2D eigenvalue weighted by Gasteiger charge is 2.39. The van der Waals surface area contributed by atoms with E-state index in [0.717, 1.165) is 19.3 Å². The third-order valence-electron chi connectivity index (χ3n) is 3.82. The molecule has 0 bridgehead atoms. The highest BCUT2D eigenvalue weighted by Crippen LogP contribution is 2.44. The zero-order valence-corrected chi connectivity index (χ0v) is 12.0. The highest BCUT2D eigenvalue weighted by molar-refractivity contribution is 6.31. The third kappa shape index (κ3) is 3.48. The van der Waals surface area contributed by atoms with Crippen molar-refractivity contribution in [3.05, 3.63) is 0 Å². The number of rotatable bonds is 0. The normalized spacial score (nSPS) is 32.0. The van der Waals surface area contributed by atoms with E-state index < -0.39 is 0 Å². The smallest absolute Gasteiger partial charge is 0.150 e. The van der Waals surface area contributed by atoms with Crippen LogP contribution in [0.25, 0.3) is 0 Å². The molecule has 0 heterocycles. The largest absolute Gasteiger partial charge is 0.298 e. The maximum absolute atomic E-state index is 11.9. The Bertz CT molecular complexity index is 262. The lowest BCUT2D eigenvalue weighted by atomic mass is 9.66. The Morgan fingerprint density at radius 3 is 2.38 bits per heavy atom. The average Bonchev–Trinajstić information content (AvgIpc) is 2.09. The first-order chi connectivity index (χ1) is 7.13. The molecule has 1 aliphatic carbocycles. The molecule has 0 radical (unpaired) electrons. The van der Waals surface area contributed by atoms with Gasteiger partial charge in [-0.15, -0.1) is 11.6 Å². The first-order valence-electron chi connectivity index (χ1n) is 6.30. The lowest BCUT2D eigenvalue weighted by molar-refractivity contribution is -0.121. The van der Waals surface area contributed by atoms with E-state index in [1.807, 2.05) is 0 Å². The minimum atomic E-state index is -0.292. The first-order valence-corrected chi connectivity index (χ1v) is 6.74. The number of hydrogen-bond acceptors (Lipinski definition) is 1. The monoisotopic (exact) mass is 244 g/mol. The molecule has 1 aliphatic rings. The van der Waals surface area contributed by atoms with Crippen molar-refractivity contribution in [3.8, 4) is 0 Å². The fraction of sp³-hybridized carbons (Fsp3) is 0.929. The predicted octanol–water partition coefficient (Wildman–Crippen LogP) is 4.43. The molecular formula is C14H25ClO. The van der Waals surface area contributed by atoms with Crippen LogP contribution in [-0.4, -0.2) is 11.2 Å². The Labute approximate surface area is 105 Å². The van der Waals surface area contributed by atoms with Crippen LogP contribution in [0.5, 0.6) is 0 Å². The second kappa shape index (κ2) is 4.68. The van der Waals surface area contributed by atoms with E-state index in [1.165, 1.54) is 0 Å². The van der Waals surface area contributed by atoms with Gasteiger partial charge in [0, 0.05) is 6.42 Å². The molecule has 1 fully saturated rings. The molecule has 1 saturated carbocycles. The number of Topliss-reactive ketones (excluding diaryl/α,β-unsaturated/α-hetero) is 1. The van der Waals surface area contributed by atoms with Gasteiger partial charge < -0.3 is 0 Å². The van der Waals surface area contributed by atoms with Crippen molar-refractivity contribution in [2.24, 2.45) is 16.7 Å². The van der Waals surface area contributed by atoms with E-state index >= 15 is 0 Å². The van der Waals surface area contributed by atoms with E-state index in [4.69, 9.17) is 11.6 Å². The van der Waals surface area contributed by atoms with Gasteiger partial charge in [0.05, 0.1) is 5.38 Å².